The summed E-state index contributed by atoms with van der Waals surface area (Å²) in [5.41, 5.74) is 5.48. The molecule has 4 heteroatoms. The van der Waals surface area contributed by atoms with Gasteiger partial charge in [0.2, 0.25) is 0 Å². The van der Waals surface area contributed by atoms with E-state index in [0.717, 1.165) is 12.8 Å². The molecule has 100 valence electrons. The third-order valence-electron chi connectivity index (χ3n) is 3.77. The number of hydrogen-bond donors (Lipinski definition) is 1. The van der Waals surface area contributed by atoms with Gasteiger partial charge in [0.05, 0.1) is 6.54 Å². The summed E-state index contributed by atoms with van der Waals surface area (Å²) in [4.78, 5) is 14.1. The van der Waals surface area contributed by atoms with Crippen LogP contribution in [0, 0.1) is 0 Å². The predicted octanol–water partition coefficient (Wildman–Crippen LogP) is 2.53. The van der Waals surface area contributed by atoms with Crippen LogP contribution in [0.5, 0.6) is 0 Å². The molecule has 0 unspecified atom stereocenters. The number of nitrogens with zero attached hydrogens (tertiary/aromatic N) is 1. The molecule has 2 rings (SSSR count). The number of rotatable bonds is 3. The maximum absolute atomic E-state index is 12.3. The molecule has 0 radical (unpaired) electrons. The molecule has 18 heavy (non-hydrogen) atoms. The topological polar surface area (TPSA) is 59.5 Å². The Bertz CT molecular complexity index is 392. The van der Waals surface area contributed by atoms with Crippen molar-refractivity contribution in [2.75, 3.05) is 7.05 Å². The van der Waals surface area contributed by atoms with Crippen molar-refractivity contribution in [2.24, 2.45) is 5.73 Å². The van der Waals surface area contributed by atoms with Crippen LogP contribution in [0.2, 0.25) is 0 Å². The third kappa shape index (κ3) is 2.93. The number of nitrogens with two attached hydrogens (primary N) is 1. The van der Waals surface area contributed by atoms with Gasteiger partial charge in [-0.1, -0.05) is 25.7 Å². The number of carbonyl (C=O) groups excluding carboxylic acids is 1. The largest absolute Gasteiger partial charge is 0.455 e. The Morgan fingerprint density at radius 3 is 2.56 bits per heavy atom. The van der Waals surface area contributed by atoms with Crippen molar-refractivity contribution in [2.45, 2.75) is 51.1 Å². The van der Waals surface area contributed by atoms with Crippen molar-refractivity contribution in [3.63, 3.8) is 0 Å². The van der Waals surface area contributed by atoms with Crippen LogP contribution >= 0.6 is 0 Å². The molecular weight excluding hydrogens is 228 g/mol. The molecule has 1 aromatic rings. The molecule has 0 bridgehead atoms. The standard InChI is InChI=1S/C14H22N2O2/c1-16(11-6-4-2-3-5-7-11)14(17)13-9-8-12(10-15)18-13/h8-9,11H,2-7,10,15H2,1H3. The highest BCUT2D eigenvalue weighted by Gasteiger charge is 2.24. The van der Waals surface area contributed by atoms with Crippen LogP contribution in [0.4, 0.5) is 0 Å². The normalized spacial score (nSPS) is 17.4. The van der Waals surface area contributed by atoms with Gasteiger partial charge in [0, 0.05) is 13.1 Å². The Labute approximate surface area is 108 Å². The molecule has 0 spiro atoms. The lowest BCUT2D eigenvalue weighted by atomic mass is 10.1. The predicted molar refractivity (Wildman–Crippen MR) is 70.2 cm³/mol. The van der Waals surface area contributed by atoms with Gasteiger partial charge >= 0.3 is 0 Å². The lowest BCUT2D eigenvalue weighted by Crippen LogP contribution is -2.36. The van der Waals surface area contributed by atoms with E-state index >= 15 is 0 Å². The maximum atomic E-state index is 12.3. The summed E-state index contributed by atoms with van der Waals surface area (Å²) in [6, 6.07) is 3.85. The number of furan rings is 1. The first kappa shape index (κ1) is 13.1. The van der Waals surface area contributed by atoms with E-state index in [2.05, 4.69) is 0 Å². The fraction of sp³-hybridized carbons (Fsp3) is 0.643. The van der Waals surface area contributed by atoms with Crippen molar-refractivity contribution in [1.82, 2.24) is 4.90 Å². The van der Waals surface area contributed by atoms with Crippen molar-refractivity contribution in [3.8, 4) is 0 Å². The number of amides is 1. The summed E-state index contributed by atoms with van der Waals surface area (Å²) in [7, 11) is 1.88. The summed E-state index contributed by atoms with van der Waals surface area (Å²) in [6.07, 6.45) is 7.22. The zero-order valence-electron chi connectivity index (χ0n) is 11.0. The molecule has 4 nitrogen and oxygen atoms in total. The smallest absolute Gasteiger partial charge is 0.289 e. The van der Waals surface area contributed by atoms with E-state index in [-0.39, 0.29) is 5.91 Å². The zero-order chi connectivity index (χ0) is 13.0. The maximum Gasteiger partial charge on any atom is 0.289 e. The minimum absolute atomic E-state index is 0.0263. The SMILES string of the molecule is CN(C(=O)c1ccc(CN)o1)C1CCCCCC1. The molecule has 0 atom stereocenters. The molecule has 1 aliphatic rings. The van der Waals surface area contributed by atoms with E-state index in [1.165, 1.54) is 25.7 Å². The summed E-state index contributed by atoms with van der Waals surface area (Å²) in [6.45, 7) is 0.334. The first-order valence-electron chi connectivity index (χ1n) is 6.78. The summed E-state index contributed by atoms with van der Waals surface area (Å²) >= 11 is 0. The lowest BCUT2D eigenvalue weighted by molar-refractivity contribution is 0.0683. The summed E-state index contributed by atoms with van der Waals surface area (Å²) in [5, 5.41) is 0. The molecule has 1 amide bonds. The van der Waals surface area contributed by atoms with E-state index in [4.69, 9.17) is 10.2 Å². The average Bonchev–Trinajstić information content (AvgIpc) is 2.71. The highest BCUT2D eigenvalue weighted by molar-refractivity contribution is 5.91. The first-order chi connectivity index (χ1) is 8.72. The van der Waals surface area contributed by atoms with E-state index < -0.39 is 0 Å². The quantitative estimate of drug-likeness (QED) is 0.839. The second-order valence-corrected chi connectivity index (χ2v) is 5.03. The summed E-state index contributed by atoms with van der Waals surface area (Å²) in [5.74, 6) is 1.04. The molecule has 0 aliphatic heterocycles. The van der Waals surface area contributed by atoms with Crippen LogP contribution in [0.15, 0.2) is 16.5 Å². The van der Waals surface area contributed by atoms with Crippen LogP contribution < -0.4 is 5.73 Å². The molecule has 0 saturated heterocycles. The summed E-state index contributed by atoms with van der Waals surface area (Å²) < 4.78 is 5.42. The molecule has 1 heterocycles. The van der Waals surface area contributed by atoms with Gasteiger partial charge in [-0.15, -0.1) is 0 Å². The van der Waals surface area contributed by atoms with E-state index in [1.54, 1.807) is 12.1 Å². The van der Waals surface area contributed by atoms with Gasteiger partial charge < -0.3 is 15.1 Å². The van der Waals surface area contributed by atoms with Crippen LogP contribution in [0.1, 0.15) is 54.8 Å². The minimum Gasteiger partial charge on any atom is -0.455 e. The molecule has 1 saturated carbocycles. The van der Waals surface area contributed by atoms with Crippen LogP contribution in [-0.2, 0) is 6.54 Å². The second kappa shape index (κ2) is 6.05. The van der Waals surface area contributed by atoms with Gasteiger partial charge in [-0.05, 0) is 25.0 Å². The second-order valence-electron chi connectivity index (χ2n) is 5.03. The Hall–Kier alpha value is -1.29. The van der Waals surface area contributed by atoms with Gasteiger partial charge in [0.25, 0.3) is 5.91 Å². The van der Waals surface area contributed by atoms with Crippen molar-refractivity contribution >= 4 is 5.91 Å². The van der Waals surface area contributed by atoms with Crippen LogP contribution in [0.3, 0.4) is 0 Å². The lowest BCUT2D eigenvalue weighted by Gasteiger charge is -2.26. The highest BCUT2D eigenvalue weighted by atomic mass is 16.4. The van der Waals surface area contributed by atoms with E-state index in [0.29, 0.717) is 24.1 Å². The van der Waals surface area contributed by atoms with Crippen LogP contribution in [-0.4, -0.2) is 23.9 Å². The van der Waals surface area contributed by atoms with Crippen LogP contribution in [0.25, 0.3) is 0 Å². The van der Waals surface area contributed by atoms with Gasteiger partial charge in [0.1, 0.15) is 5.76 Å². The molecule has 1 aliphatic carbocycles. The number of hydrogen-bond acceptors (Lipinski definition) is 3. The Kier molecular flexibility index (Phi) is 4.42. The fourth-order valence-electron chi connectivity index (χ4n) is 2.59. The monoisotopic (exact) mass is 250 g/mol. The average molecular weight is 250 g/mol. The number of carbonyl (C=O) groups is 1. The molecule has 1 aromatic heterocycles. The van der Waals surface area contributed by atoms with Gasteiger partial charge in [0.15, 0.2) is 5.76 Å². The third-order valence-corrected chi connectivity index (χ3v) is 3.77. The van der Waals surface area contributed by atoms with Gasteiger partial charge in [-0.25, -0.2) is 0 Å². The van der Waals surface area contributed by atoms with E-state index in [1.807, 2.05) is 11.9 Å². The van der Waals surface area contributed by atoms with E-state index in [9.17, 15) is 4.79 Å². The molecule has 2 N–H and O–H groups in total. The molecule has 0 aromatic carbocycles. The molecular formula is C14H22N2O2. The van der Waals surface area contributed by atoms with Crippen molar-refractivity contribution < 1.29 is 9.21 Å². The van der Waals surface area contributed by atoms with Gasteiger partial charge in [-0.3, -0.25) is 4.79 Å². The zero-order valence-corrected chi connectivity index (χ0v) is 11.0. The van der Waals surface area contributed by atoms with Gasteiger partial charge in [-0.2, -0.15) is 0 Å². The Morgan fingerprint density at radius 1 is 1.33 bits per heavy atom. The minimum atomic E-state index is -0.0263. The van der Waals surface area contributed by atoms with Crippen molar-refractivity contribution in [1.29, 1.82) is 0 Å². The fourth-order valence-corrected chi connectivity index (χ4v) is 2.59. The Morgan fingerprint density at radius 2 is 2.00 bits per heavy atom. The van der Waals surface area contributed by atoms with Crippen molar-refractivity contribution in [3.05, 3.63) is 23.7 Å². The highest BCUT2D eigenvalue weighted by Crippen LogP contribution is 2.22. The Balaban J connectivity index is 2.02. The molecule has 1 fully saturated rings. The first-order valence-corrected chi connectivity index (χ1v) is 6.78.